The standard InChI is InChI=1S/C19H25N5O2S/c1-14(2)24-13-20-22-19(24)27-12-17(25)21-16-9-5-4-8-15(16)18(26)23-10-6-3-7-11-23/h4-5,8-9,13-14H,3,6-7,10-12H2,1-2H3,(H,21,25). The monoisotopic (exact) mass is 387 g/mol. The highest BCUT2D eigenvalue weighted by Gasteiger charge is 2.21. The van der Waals surface area contributed by atoms with Crippen molar-refractivity contribution in [1.29, 1.82) is 0 Å². The second-order valence-electron chi connectivity index (χ2n) is 6.85. The van der Waals surface area contributed by atoms with E-state index < -0.39 is 0 Å². The van der Waals surface area contributed by atoms with E-state index in [1.807, 2.05) is 35.4 Å². The van der Waals surface area contributed by atoms with Crippen LogP contribution in [0.1, 0.15) is 49.5 Å². The van der Waals surface area contributed by atoms with Gasteiger partial charge in [0.1, 0.15) is 6.33 Å². The number of para-hydroxylation sites is 1. The van der Waals surface area contributed by atoms with Crippen LogP contribution in [0.2, 0.25) is 0 Å². The van der Waals surface area contributed by atoms with E-state index in [4.69, 9.17) is 0 Å². The molecule has 3 rings (SSSR count). The SMILES string of the molecule is CC(C)n1cnnc1SCC(=O)Nc1ccccc1C(=O)N1CCCCC1. The molecule has 0 radical (unpaired) electrons. The quantitative estimate of drug-likeness (QED) is 0.770. The second kappa shape index (κ2) is 9.03. The van der Waals surface area contributed by atoms with Gasteiger partial charge in [0.25, 0.3) is 5.91 Å². The van der Waals surface area contributed by atoms with Crippen molar-refractivity contribution in [2.24, 2.45) is 0 Å². The smallest absolute Gasteiger partial charge is 0.255 e. The average Bonchev–Trinajstić information content (AvgIpc) is 3.16. The number of hydrogen-bond acceptors (Lipinski definition) is 5. The molecular weight excluding hydrogens is 362 g/mol. The van der Waals surface area contributed by atoms with E-state index in [-0.39, 0.29) is 23.6 Å². The molecule has 27 heavy (non-hydrogen) atoms. The number of nitrogens with zero attached hydrogens (tertiary/aromatic N) is 4. The van der Waals surface area contributed by atoms with E-state index in [9.17, 15) is 9.59 Å². The lowest BCUT2D eigenvalue weighted by Crippen LogP contribution is -2.36. The average molecular weight is 388 g/mol. The van der Waals surface area contributed by atoms with Gasteiger partial charge in [-0.3, -0.25) is 9.59 Å². The maximum atomic E-state index is 12.8. The van der Waals surface area contributed by atoms with Gasteiger partial charge in [-0.2, -0.15) is 0 Å². The minimum Gasteiger partial charge on any atom is -0.339 e. The molecule has 7 nitrogen and oxygen atoms in total. The van der Waals surface area contributed by atoms with Crippen molar-refractivity contribution in [3.05, 3.63) is 36.2 Å². The number of hydrogen-bond donors (Lipinski definition) is 1. The summed E-state index contributed by atoms with van der Waals surface area (Å²) in [7, 11) is 0. The van der Waals surface area contributed by atoms with Crippen LogP contribution < -0.4 is 5.32 Å². The van der Waals surface area contributed by atoms with Crippen LogP contribution in [0.15, 0.2) is 35.7 Å². The molecule has 0 unspecified atom stereocenters. The van der Waals surface area contributed by atoms with Crippen molar-refractivity contribution in [2.75, 3.05) is 24.2 Å². The minimum absolute atomic E-state index is 0.0159. The molecule has 2 amide bonds. The predicted octanol–water partition coefficient (Wildman–Crippen LogP) is 3.22. The van der Waals surface area contributed by atoms with Gasteiger partial charge in [-0.1, -0.05) is 23.9 Å². The van der Waals surface area contributed by atoms with Crippen LogP contribution in [0, 0.1) is 0 Å². The number of anilines is 1. The van der Waals surface area contributed by atoms with Gasteiger partial charge in [-0.15, -0.1) is 10.2 Å². The van der Waals surface area contributed by atoms with Crippen molar-refractivity contribution in [2.45, 2.75) is 44.3 Å². The Morgan fingerprint density at radius 1 is 1.19 bits per heavy atom. The van der Waals surface area contributed by atoms with Gasteiger partial charge in [-0.05, 0) is 45.2 Å². The number of aromatic nitrogens is 3. The van der Waals surface area contributed by atoms with E-state index in [1.165, 1.54) is 18.2 Å². The van der Waals surface area contributed by atoms with Crippen LogP contribution in [0.3, 0.4) is 0 Å². The molecule has 1 N–H and O–H groups in total. The number of amides is 2. The van der Waals surface area contributed by atoms with Crippen molar-refractivity contribution < 1.29 is 9.59 Å². The number of thioether (sulfide) groups is 1. The number of benzene rings is 1. The Morgan fingerprint density at radius 2 is 1.93 bits per heavy atom. The first kappa shape index (κ1) is 19.4. The Labute approximate surface area is 163 Å². The summed E-state index contributed by atoms with van der Waals surface area (Å²) in [6.45, 7) is 5.63. The molecule has 2 heterocycles. The number of piperidine rings is 1. The molecule has 0 aliphatic carbocycles. The molecule has 0 spiro atoms. The third-order valence-corrected chi connectivity index (χ3v) is 5.46. The van der Waals surface area contributed by atoms with Gasteiger partial charge >= 0.3 is 0 Å². The van der Waals surface area contributed by atoms with Crippen LogP contribution in [-0.4, -0.2) is 50.3 Å². The number of rotatable bonds is 6. The van der Waals surface area contributed by atoms with Crippen molar-refractivity contribution >= 4 is 29.3 Å². The molecule has 1 saturated heterocycles. The number of carbonyl (C=O) groups excluding carboxylic acids is 2. The fourth-order valence-corrected chi connectivity index (χ4v) is 3.90. The summed E-state index contributed by atoms with van der Waals surface area (Å²) in [6.07, 6.45) is 4.90. The Morgan fingerprint density at radius 3 is 2.67 bits per heavy atom. The summed E-state index contributed by atoms with van der Waals surface area (Å²) in [4.78, 5) is 27.1. The van der Waals surface area contributed by atoms with Gasteiger partial charge in [0.2, 0.25) is 5.91 Å². The van der Waals surface area contributed by atoms with Gasteiger partial charge < -0.3 is 14.8 Å². The largest absolute Gasteiger partial charge is 0.339 e. The lowest BCUT2D eigenvalue weighted by Gasteiger charge is -2.27. The van der Waals surface area contributed by atoms with E-state index in [0.29, 0.717) is 16.4 Å². The number of nitrogens with one attached hydrogen (secondary N) is 1. The van der Waals surface area contributed by atoms with Crippen LogP contribution in [0.25, 0.3) is 0 Å². The van der Waals surface area contributed by atoms with Gasteiger partial charge in [0.05, 0.1) is 17.0 Å². The van der Waals surface area contributed by atoms with Crippen molar-refractivity contribution in [1.82, 2.24) is 19.7 Å². The molecular formula is C19H25N5O2S. The summed E-state index contributed by atoms with van der Waals surface area (Å²) >= 11 is 1.33. The molecule has 144 valence electrons. The van der Waals surface area contributed by atoms with Gasteiger partial charge in [0.15, 0.2) is 5.16 Å². The van der Waals surface area contributed by atoms with E-state index in [2.05, 4.69) is 15.5 Å². The van der Waals surface area contributed by atoms with Crippen LogP contribution >= 0.6 is 11.8 Å². The van der Waals surface area contributed by atoms with E-state index in [1.54, 1.807) is 18.5 Å². The summed E-state index contributed by atoms with van der Waals surface area (Å²) in [6, 6.07) is 7.43. The zero-order chi connectivity index (χ0) is 19.2. The maximum Gasteiger partial charge on any atom is 0.255 e. The van der Waals surface area contributed by atoms with Crippen LogP contribution in [0.5, 0.6) is 0 Å². The number of likely N-dealkylation sites (tertiary alicyclic amines) is 1. The Bertz CT molecular complexity index is 799. The lowest BCUT2D eigenvalue weighted by molar-refractivity contribution is -0.113. The fraction of sp³-hybridized carbons (Fsp3) is 0.474. The minimum atomic E-state index is -0.169. The molecule has 2 aromatic rings. The molecule has 1 aromatic heterocycles. The Kier molecular flexibility index (Phi) is 6.49. The summed E-state index contributed by atoms with van der Waals surface area (Å²) in [5.74, 6) is 0.0208. The Hall–Kier alpha value is -2.35. The second-order valence-corrected chi connectivity index (χ2v) is 7.79. The zero-order valence-electron chi connectivity index (χ0n) is 15.7. The van der Waals surface area contributed by atoms with Crippen molar-refractivity contribution in [3.8, 4) is 0 Å². The number of carbonyl (C=O) groups is 2. The summed E-state index contributed by atoms with van der Waals surface area (Å²) in [5.41, 5.74) is 1.10. The predicted molar refractivity (Wildman–Crippen MR) is 106 cm³/mol. The maximum absolute atomic E-state index is 12.8. The highest BCUT2D eigenvalue weighted by molar-refractivity contribution is 7.99. The third-order valence-electron chi connectivity index (χ3n) is 4.50. The first-order valence-electron chi connectivity index (χ1n) is 9.26. The third kappa shape index (κ3) is 4.88. The Balaban J connectivity index is 1.64. The van der Waals surface area contributed by atoms with Crippen molar-refractivity contribution in [3.63, 3.8) is 0 Å². The van der Waals surface area contributed by atoms with E-state index >= 15 is 0 Å². The topological polar surface area (TPSA) is 80.1 Å². The molecule has 0 saturated carbocycles. The molecule has 1 aliphatic heterocycles. The molecule has 0 atom stereocenters. The van der Waals surface area contributed by atoms with Gasteiger partial charge in [0, 0.05) is 19.1 Å². The molecule has 1 fully saturated rings. The molecule has 1 aliphatic rings. The normalized spacial score (nSPS) is 14.4. The summed E-state index contributed by atoms with van der Waals surface area (Å²) < 4.78 is 1.92. The first-order valence-corrected chi connectivity index (χ1v) is 10.3. The molecule has 8 heteroatoms. The van der Waals surface area contributed by atoms with Crippen LogP contribution in [0.4, 0.5) is 5.69 Å². The van der Waals surface area contributed by atoms with E-state index in [0.717, 1.165) is 25.9 Å². The highest BCUT2D eigenvalue weighted by Crippen LogP contribution is 2.22. The summed E-state index contributed by atoms with van der Waals surface area (Å²) in [5, 5.41) is 11.5. The first-order chi connectivity index (χ1) is 13.1. The fourth-order valence-electron chi connectivity index (χ4n) is 3.05. The highest BCUT2D eigenvalue weighted by atomic mass is 32.2. The zero-order valence-corrected chi connectivity index (χ0v) is 16.5. The van der Waals surface area contributed by atoms with Gasteiger partial charge in [-0.25, -0.2) is 0 Å². The molecule has 1 aromatic carbocycles. The lowest BCUT2D eigenvalue weighted by atomic mass is 10.1. The molecule has 0 bridgehead atoms. The van der Waals surface area contributed by atoms with Crippen LogP contribution in [-0.2, 0) is 4.79 Å².